The second-order valence-electron chi connectivity index (χ2n) is 10.1. The van der Waals surface area contributed by atoms with Crippen molar-refractivity contribution in [3.63, 3.8) is 0 Å². The van der Waals surface area contributed by atoms with Gasteiger partial charge in [0.15, 0.2) is 0 Å². The van der Waals surface area contributed by atoms with Crippen LogP contribution in [0.15, 0.2) is 40.1 Å². The molecule has 1 amide bonds. The summed E-state index contributed by atoms with van der Waals surface area (Å²) in [6.45, 7) is 0.758. The number of aryl methyl sites for hydroxylation is 2. The van der Waals surface area contributed by atoms with Crippen LogP contribution in [0, 0.1) is 17.3 Å². The summed E-state index contributed by atoms with van der Waals surface area (Å²) in [5.74, 6) is 1.72. The van der Waals surface area contributed by atoms with Crippen LogP contribution < -0.4 is 5.32 Å². The lowest BCUT2D eigenvalue weighted by molar-refractivity contribution is -0.120. The topological polar surface area (TPSA) is 53.8 Å². The largest absolute Gasteiger partial charge is 0.352 e. The molecular weight excluding hydrogens is 370 g/mol. The molecule has 5 aliphatic rings. The minimum Gasteiger partial charge on any atom is -0.352 e. The Balaban J connectivity index is 0.941. The van der Waals surface area contributed by atoms with Crippen molar-refractivity contribution in [1.29, 1.82) is 0 Å². The fraction of sp³-hybridized carbons (Fsp3) is 0.577. The Kier molecular flexibility index (Phi) is 4.43. The van der Waals surface area contributed by atoms with Gasteiger partial charge in [-0.2, -0.15) is 10.2 Å². The molecule has 6 rings (SSSR count). The molecule has 2 unspecified atom stereocenters. The van der Waals surface area contributed by atoms with Crippen LogP contribution in [0.2, 0.25) is 0 Å². The number of nitrogens with one attached hydrogen (secondary N) is 1. The molecule has 1 aromatic carbocycles. The van der Waals surface area contributed by atoms with Crippen LogP contribution in [0.3, 0.4) is 0 Å². The number of hydrogen-bond acceptors (Lipinski definition) is 3. The molecule has 0 aromatic heterocycles. The summed E-state index contributed by atoms with van der Waals surface area (Å²) in [5.41, 5.74) is 8.70. The summed E-state index contributed by atoms with van der Waals surface area (Å²) >= 11 is 0. The maximum atomic E-state index is 12.4. The van der Waals surface area contributed by atoms with Gasteiger partial charge in [0.2, 0.25) is 5.91 Å². The van der Waals surface area contributed by atoms with Gasteiger partial charge in [0, 0.05) is 31.5 Å². The zero-order valence-electron chi connectivity index (χ0n) is 17.8. The highest BCUT2D eigenvalue weighted by Gasteiger charge is 2.61. The van der Waals surface area contributed by atoms with Crippen LogP contribution >= 0.6 is 0 Å². The molecule has 1 aliphatic heterocycles. The first-order valence-electron chi connectivity index (χ1n) is 11.9. The number of amides is 1. The number of fused-ring (bicyclic) bond motifs is 1. The molecule has 4 heteroatoms. The summed E-state index contributed by atoms with van der Waals surface area (Å²) < 4.78 is 0. The second kappa shape index (κ2) is 7.18. The zero-order valence-corrected chi connectivity index (χ0v) is 17.8. The Bertz CT molecular complexity index is 982. The Morgan fingerprint density at radius 1 is 1.10 bits per heavy atom. The minimum absolute atomic E-state index is 0.151. The van der Waals surface area contributed by atoms with Crippen LogP contribution in [0.25, 0.3) is 0 Å². The SMILES string of the molecule is O=C(CCC1=NN=C(Cc2ccc3c(c2)CCC3)C1)NCC1=CC2CCC1C21CC1. The Hall–Kier alpha value is -2.23. The molecule has 1 N–H and O–H groups in total. The molecule has 30 heavy (non-hydrogen) atoms. The third-order valence-electron chi connectivity index (χ3n) is 8.33. The van der Waals surface area contributed by atoms with E-state index in [0.717, 1.165) is 49.1 Å². The van der Waals surface area contributed by atoms with Crippen molar-refractivity contribution >= 4 is 17.3 Å². The van der Waals surface area contributed by atoms with Gasteiger partial charge in [-0.3, -0.25) is 4.79 Å². The smallest absolute Gasteiger partial charge is 0.220 e. The van der Waals surface area contributed by atoms with E-state index in [1.54, 1.807) is 0 Å². The number of allylic oxidation sites excluding steroid dienone is 1. The van der Waals surface area contributed by atoms with Gasteiger partial charge in [-0.15, -0.1) is 0 Å². The van der Waals surface area contributed by atoms with Crippen molar-refractivity contribution in [1.82, 2.24) is 5.32 Å². The summed E-state index contributed by atoms with van der Waals surface area (Å²) in [5, 5.41) is 11.9. The first-order chi connectivity index (χ1) is 14.7. The molecule has 1 aromatic rings. The number of carbonyl (C=O) groups is 1. The van der Waals surface area contributed by atoms with Gasteiger partial charge in [-0.1, -0.05) is 29.8 Å². The van der Waals surface area contributed by atoms with Crippen molar-refractivity contribution in [2.24, 2.45) is 27.5 Å². The van der Waals surface area contributed by atoms with Gasteiger partial charge in [-0.05, 0) is 85.3 Å². The number of benzene rings is 1. The lowest BCUT2D eigenvalue weighted by Crippen LogP contribution is -2.28. The lowest BCUT2D eigenvalue weighted by atomic mass is 9.90. The fourth-order valence-corrected chi connectivity index (χ4v) is 6.61. The standard InChI is InChI=1S/C26H31N3O/c30-25(27-16-20-14-21-6-8-24(20)26(21)10-11-26)9-7-22-15-23(29-28-22)13-17-4-5-18-2-1-3-19(18)12-17/h4-5,12,14,21,24H,1-3,6-11,13,15-16H2,(H,27,30). The third kappa shape index (κ3) is 3.25. The maximum absolute atomic E-state index is 12.4. The molecule has 0 saturated heterocycles. The number of carbonyl (C=O) groups excluding carboxylic acids is 1. The van der Waals surface area contributed by atoms with Crippen LogP contribution in [0.1, 0.15) is 68.1 Å². The maximum Gasteiger partial charge on any atom is 0.220 e. The predicted octanol–water partition coefficient (Wildman–Crippen LogP) is 4.56. The summed E-state index contributed by atoms with van der Waals surface area (Å²) in [7, 11) is 0. The molecule has 2 fully saturated rings. The highest BCUT2D eigenvalue weighted by Crippen LogP contribution is 2.70. The Morgan fingerprint density at radius 2 is 1.97 bits per heavy atom. The quantitative estimate of drug-likeness (QED) is 0.669. The molecule has 0 radical (unpaired) electrons. The summed E-state index contributed by atoms with van der Waals surface area (Å²) in [4.78, 5) is 12.4. The molecule has 156 valence electrons. The molecule has 2 saturated carbocycles. The van der Waals surface area contributed by atoms with E-state index in [0.29, 0.717) is 11.8 Å². The van der Waals surface area contributed by atoms with Crippen LogP contribution in [0.5, 0.6) is 0 Å². The van der Waals surface area contributed by atoms with Gasteiger partial charge in [0.05, 0.1) is 5.71 Å². The third-order valence-corrected chi connectivity index (χ3v) is 8.33. The Morgan fingerprint density at radius 3 is 2.83 bits per heavy atom. The predicted molar refractivity (Wildman–Crippen MR) is 120 cm³/mol. The van der Waals surface area contributed by atoms with Crippen LogP contribution in [-0.2, 0) is 24.1 Å². The van der Waals surface area contributed by atoms with Crippen molar-refractivity contribution < 1.29 is 4.79 Å². The molecule has 2 bridgehead atoms. The highest BCUT2D eigenvalue weighted by atomic mass is 16.1. The molecular formula is C26H31N3O. The zero-order chi connectivity index (χ0) is 20.1. The first-order valence-corrected chi connectivity index (χ1v) is 11.9. The molecule has 1 heterocycles. The monoisotopic (exact) mass is 401 g/mol. The van der Waals surface area contributed by atoms with E-state index in [1.165, 1.54) is 67.2 Å². The first kappa shape index (κ1) is 18.5. The van der Waals surface area contributed by atoms with Crippen LogP contribution in [0.4, 0.5) is 0 Å². The molecule has 2 atom stereocenters. The van der Waals surface area contributed by atoms with E-state index in [1.807, 2.05) is 0 Å². The van der Waals surface area contributed by atoms with Gasteiger partial charge in [0.25, 0.3) is 0 Å². The van der Waals surface area contributed by atoms with E-state index < -0.39 is 0 Å². The van der Waals surface area contributed by atoms with E-state index in [4.69, 9.17) is 0 Å². The molecule has 4 aliphatic carbocycles. The lowest BCUT2D eigenvalue weighted by Gasteiger charge is -2.17. The molecule has 1 spiro atoms. The average Bonchev–Trinajstić information content (AvgIpc) is 3.05. The fourth-order valence-electron chi connectivity index (χ4n) is 6.61. The number of nitrogens with zero attached hydrogens (tertiary/aromatic N) is 2. The Labute approximate surface area is 178 Å². The normalized spacial score (nSPS) is 27.1. The summed E-state index contributed by atoms with van der Waals surface area (Å²) in [6.07, 6.45) is 14.7. The molecule has 4 nitrogen and oxygen atoms in total. The van der Waals surface area contributed by atoms with Crippen molar-refractivity contribution in [3.8, 4) is 0 Å². The second-order valence-corrected chi connectivity index (χ2v) is 10.1. The van der Waals surface area contributed by atoms with Crippen molar-refractivity contribution in [2.45, 2.75) is 70.6 Å². The van der Waals surface area contributed by atoms with Crippen molar-refractivity contribution in [3.05, 3.63) is 46.5 Å². The van der Waals surface area contributed by atoms with E-state index >= 15 is 0 Å². The number of rotatable bonds is 7. The van der Waals surface area contributed by atoms with Gasteiger partial charge >= 0.3 is 0 Å². The van der Waals surface area contributed by atoms with E-state index in [2.05, 4.69) is 39.8 Å². The average molecular weight is 402 g/mol. The number of hydrogen-bond donors (Lipinski definition) is 1. The summed E-state index contributed by atoms with van der Waals surface area (Å²) in [6, 6.07) is 6.89. The van der Waals surface area contributed by atoms with E-state index in [9.17, 15) is 4.79 Å². The minimum atomic E-state index is 0.151. The van der Waals surface area contributed by atoms with Gasteiger partial charge in [0.1, 0.15) is 0 Å². The van der Waals surface area contributed by atoms with Crippen molar-refractivity contribution in [2.75, 3.05) is 6.54 Å². The van der Waals surface area contributed by atoms with E-state index in [-0.39, 0.29) is 5.91 Å². The van der Waals surface area contributed by atoms with Crippen LogP contribution in [-0.4, -0.2) is 23.9 Å². The van der Waals surface area contributed by atoms with Gasteiger partial charge < -0.3 is 5.32 Å². The van der Waals surface area contributed by atoms with Gasteiger partial charge in [-0.25, -0.2) is 0 Å². The highest BCUT2D eigenvalue weighted by molar-refractivity contribution is 6.08.